The second-order valence-electron chi connectivity index (χ2n) is 2.62. The van der Waals surface area contributed by atoms with Gasteiger partial charge in [-0.05, 0) is 13.3 Å². The lowest BCUT2D eigenvalue weighted by Gasteiger charge is -2.19. The Morgan fingerprint density at radius 1 is 1.50 bits per heavy atom. The number of carbonyl (C=O) groups is 1. The summed E-state index contributed by atoms with van der Waals surface area (Å²) in [7, 11) is 0. The molecule has 0 saturated heterocycles. The van der Waals surface area contributed by atoms with Gasteiger partial charge in [0.15, 0.2) is 0 Å². The second-order valence-corrected chi connectivity index (χ2v) is 3.15. The summed E-state index contributed by atoms with van der Waals surface area (Å²) in [5, 5.41) is 0. The van der Waals surface area contributed by atoms with Crippen molar-refractivity contribution in [2.24, 2.45) is 5.73 Å². The Balaban J connectivity index is 3.96. The van der Waals surface area contributed by atoms with Crippen LogP contribution in [-0.2, 0) is 4.79 Å². The molecule has 0 unspecified atom stereocenters. The van der Waals surface area contributed by atoms with Gasteiger partial charge in [-0.3, -0.25) is 4.79 Å². The van der Waals surface area contributed by atoms with Crippen LogP contribution in [0, 0.1) is 0 Å². The van der Waals surface area contributed by atoms with Gasteiger partial charge in [0, 0.05) is 13.0 Å². The maximum atomic E-state index is 11.3. The minimum Gasteiger partial charge on any atom is -0.392 e. The molecular formula is C8H16N2OS. The molecule has 0 aromatic heterocycles. The van der Waals surface area contributed by atoms with E-state index in [1.54, 1.807) is 4.90 Å². The lowest BCUT2D eigenvalue weighted by atomic mass is 10.3. The molecule has 0 aliphatic carbocycles. The van der Waals surface area contributed by atoms with Crippen LogP contribution in [0.4, 0.5) is 0 Å². The molecule has 70 valence electrons. The van der Waals surface area contributed by atoms with Gasteiger partial charge in [-0.2, -0.15) is 0 Å². The summed E-state index contributed by atoms with van der Waals surface area (Å²) in [4.78, 5) is 13.4. The van der Waals surface area contributed by atoms with E-state index in [0.29, 0.717) is 24.5 Å². The minimum absolute atomic E-state index is 0.132. The van der Waals surface area contributed by atoms with E-state index in [4.69, 9.17) is 18.0 Å². The molecule has 0 spiro atoms. The Kier molecular flexibility index (Phi) is 5.62. The lowest BCUT2D eigenvalue weighted by Crippen LogP contribution is -2.37. The van der Waals surface area contributed by atoms with Gasteiger partial charge in [0.2, 0.25) is 5.91 Å². The first-order valence-electron chi connectivity index (χ1n) is 4.17. The highest BCUT2D eigenvalue weighted by Gasteiger charge is 2.10. The van der Waals surface area contributed by atoms with Crippen molar-refractivity contribution in [2.75, 3.05) is 13.1 Å². The van der Waals surface area contributed by atoms with Crippen LogP contribution in [0.1, 0.15) is 26.7 Å². The summed E-state index contributed by atoms with van der Waals surface area (Å²) >= 11 is 4.73. The molecule has 0 rings (SSSR count). The summed E-state index contributed by atoms with van der Waals surface area (Å²) in [5.74, 6) is 0.132. The van der Waals surface area contributed by atoms with E-state index in [2.05, 4.69) is 0 Å². The predicted octanol–water partition coefficient (Wildman–Crippen LogP) is 0.921. The maximum Gasteiger partial charge on any atom is 0.222 e. The largest absolute Gasteiger partial charge is 0.392 e. The zero-order valence-electron chi connectivity index (χ0n) is 7.67. The Morgan fingerprint density at radius 3 is 2.42 bits per heavy atom. The molecule has 0 aliphatic heterocycles. The number of hydrogen-bond donors (Lipinski definition) is 1. The second kappa shape index (κ2) is 5.94. The standard InChI is InChI=1S/C8H16N2OS/c1-3-5-8(11)10(4-2)6-7(9)12/h3-6H2,1-2H3,(H2,9,12). The summed E-state index contributed by atoms with van der Waals surface area (Å²) in [6.07, 6.45) is 1.45. The zero-order valence-corrected chi connectivity index (χ0v) is 8.49. The number of thiocarbonyl (C=S) groups is 1. The van der Waals surface area contributed by atoms with Gasteiger partial charge in [-0.15, -0.1) is 0 Å². The topological polar surface area (TPSA) is 46.3 Å². The van der Waals surface area contributed by atoms with Gasteiger partial charge in [0.05, 0.1) is 11.5 Å². The van der Waals surface area contributed by atoms with Crippen LogP contribution in [0.3, 0.4) is 0 Å². The Hall–Kier alpha value is -0.640. The Labute approximate surface area is 78.9 Å². The summed E-state index contributed by atoms with van der Waals surface area (Å²) in [6, 6.07) is 0. The number of nitrogens with zero attached hydrogens (tertiary/aromatic N) is 1. The highest BCUT2D eigenvalue weighted by atomic mass is 32.1. The third kappa shape index (κ3) is 4.28. The highest BCUT2D eigenvalue weighted by molar-refractivity contribution is 7.80. The summed E-state index contributed by atoms with van der Waals surface area (Å²) in [5.41, 5.74) is 5.34. The smallest absolute Gasteiger partial charge is 0.222 e. The minimum atomic E-state index is 0.132. The fourth-order valence-corrected chi connectivity index (χ4v) is 1.09. The quantitative estimate of drug-likeness (QED) is 0.653. The number of amides is 1. The van der Waals surface area contributed by atoms with E-state index in [0.717, 1.165) is 6.42 Å². The molecule has 0 bridgehead atoms. The molecule has 0 aromatic rings. The van der Waals surface area contributed by atoms with Gasteiger partial charge >= 0.3 is 0 Å². The van der Waals surface area contributed by atoms with Crippen molar-refractivity contribution in [3.05, 3.63) is 0 Å². The molecule has 1 amide bonds. The number of nitrogens with two attached hydrogens (primary N) is 1. The molecule has 0 saturated carbocycles. The summed E-state index contributed by atoms with van der Waals surface area (Å²) < 4.78 is 0. The first-order valence-corrected chi connectivity index (χ1v) is 4.58. The van der Waals surface area contributed by atoms with Gasteiger partial charge in [-0.1, -0.05) is 19.1 Å². The van der Waals surface area contributed by atoms with Crippen molar-refractivity contribution in [3.8, 4) is 0 Å². The fourth-order valence-electron chi connectivity index (χ4n) is 0.936. The van der Waals surface area contributed by atoms with Crippen LogP contribution in [0.2, 0.25) is 0 Å². The predicted molar refractivity (Wildman–Crippen MR) is 53.9 cm³/mol. The van der Waals surface area contributed by atoms with Crippen LogP contribution in [0.25, 0.3) is 0 Å². The Bertz CT molecular complexity index is 170. The number of likely N-dealkylation sites (N-methyl/N-ethyl adjacent to an activating group) is 1. The van der Waals surface area contributed by atoms with E-state index < -0.39 is 0 Å². The van der Waals surface area contributed by atoms with Gasteiger partial charge in [-0.25, -0.2) is 0 Å². The van der Waals surface area contributed by atoms with Crippen molar-refractivity contribution in [2.45, 2.75) is 26.7 Å². The maximum absolute atomic E-state index is 11.3. The first kappa shape index (κ1) is 11.4. The van der Waals surface area contributed by atoms with Crippen molar-refractivity contribution < 1.29 is 4.79 Å². The molecule has 3 nitrogen and oxygen atoms in total. The van der Waals surface area contributed by atoms with Crippen molar-refractivity contribution in [1.82, 2.24) is 4.90 Å². The monoisotopic (exact) mass is 188 g/mol. The van der Waals surface area contributed by atoms with E-state index >= 15 is 0 Å². The molecular weight excluding hydrogens is 172 g/mol. The molecule has 0 atom stereocenters. The molecule has 0 fully saturated rings. The number of hydrogen-bond acceptors (Lipinski definition) is 2. The molecule has 0 radical (unpaired) electrons. The van der Waals surface area contributed by atoms with Gasteiger partial charge < -0.3 is 10.6 Å². The van der Waals surface area contributed by atoms with Crippen LogP contribution >= 0.6 is 12.2 Å². The third-order valence-electron chi connectivity index (χ3n) is 1.54. The number of rotatable bonds is 5. The van der Waals surface area contributed by atoms with E-state index in [-0.39, 0.29) is 5.91 Å². The zero-order chi connectivity index (χ0) is 9.56. The lowest BCUT2D eigenvalue weighted by molar-refractivity contribution is -0.130. The Morgan fingerprint density at radius 2 is 2.08 bits per heavy atom. The van der Waals surface area contributed by atoms with Crippen molar-refractivity contribution >= 4 is 23.1 Å². The third-order valence-corrected chi connectivity index (χ3v) is 1.67. The van der Waals surface area contributed by atoms with Crippen LogP contribution in [0.15, 0.2) is 0 Å². The molecule has 0 aromatic carbocycles. The van der Waals surface area contributed by atoms with E-state index in [1.165, 1.54) is 0 Å². The molecule has 2 N–H and O–H groups in total. The first-order chi connectivity index (χ1) is 5.61. The molecule has 0 heterocycles. The number of carbonyl (C=O) groups excluding carboxylic acids is 1. The van der Waals surface area contributed by atoms with Crippen LogP contribution in [-0.4, -0.2) is 28.9 Å². The van der Waals surface area contributed by atoms with Crippen molar-refractivity contribution in [3.63, 3.8) is 0 Å². The fraction of sp³-hybridized carbons (Fsp3) is 0.750. The van der Waals surface area contributed by atoms with Crippen LogP contribution < -0.4 is 5.73 Å². The normalized spacial score (nSPS) is 9.50. The van der Waals surface area contributed by atoms with E-state index in [1.807, 2.05) is 13.8 Å². The van der Waals surface area contributed by atoms with Crippen LogP contribution in [0.5, 0.6) is 0 Å². The highest BCUT2D eigenvalue weighted by Crippen LogP contribution is 1.96. The van der Waals surface area contributed by atoms with Gasteiger partial charge in [0.1, 0.15) is 0 Å². The SMILES string of the molecule is CCCC(=O)N(CC)CC(N)=S. The average Bonchev–Trinajstić information content (AvgIpc) is 2.00. The molecule has 4 heteroatoms. The molecule has 12 heavy (non-hydrogen) atoms. The van der Waals surface area contributed by atoms with Gasteiger partial charge in [0.25, 0.3) is 0 Å². The summed E-state index contributed by atoms with van der Waals surface area (Å²) in [6.45, 7) is 4.99. The van der Waals surface area contributed by atoms with Crippen molar-refractivity contribution in [1.29, 1.82) is 0 Å². The molecule has 0 aliphatic rings. The van der Waals surface area contributed by atoms with E-state index in [9.17, 15) is 4.79 Å². The average molecular weight is 188 g/mol.